The average Bonchev–Trinajstić information content (AvgIpc) is 2.98. The van der Waals surface area contributed by atoms with Crippen LogP contribution in [0.5, 0.6) is 0 Å². The van der Waals surface area contributed by atoms with Gasteiger partial charge in [0.15, 0.2) is 0 Å². The van der Waals surface area contributed by atoms with Gasteiger partial charge in [0.05, 0.1) is 17.5 Å². The number of benzene rings is 1. The Morgan fingerprint density at radius 1 is 1.48 bits per heavy atom. The standard InChI is InChI=1S/C14H14N4OS2/c1-2-10-13(21-18-17-10)14(19)16-11-6-3-4-7-12(11)20-9-5-8-15/h3-4,6-7H,2,5,9H2,1H3,(H,16,19). The summed E-state index contributed by atoms with van der Waals surface area (Å²) >= 11 is 2.66. The van der Waals surface area contributed by atoms with Crippen LogP contribution in [-0.2, 0) is 6.42 Å². The summed E-state index contributed by atoms with van der Waals surface area (Å²) in [6.07, 6.45) is 1.16. The van der Waals surface area contributed by atoms with E-state index in [4.69, 9.17) is 5.26 Å². The lowest BCUT2D eigenvalue weighted by molar-refractivity contribution is 0.102. The van der Waals surface area contributed by atoms with Crippen LogP contribution < -0.4 is 5.32 Å². The SMILES string of the molecule is CCc1nnsc1C(=O)Nc1ccccc1SCCC#N. The van der Waals surface area contributed by atoms with Crippen molar-refractivity contribution in [3.05, 3.63) is 34.8 Å². The molecule has 1 aromatic heterocycles. The molecule has 1 N–H and O–H groups in total. The fraction of sp³-hybridized carbons (Fsp3) is 0.286. The van der Waals surface area contributed by atoms with Gasteiger partial charge in [-0.05, 0) is 30.1 Å². The Bertz CT molecular complexity index is 663. The Kier molecular flexibility index (Phi) is 5.72. The summed E-state index contributed by atoms with van der Waals surface area (Å²) in [5, 5.41) is 15.4. The van der Waals surface area contributed by atoms with Gasteiger partial charge in [-0.1, -0.05) is 23.5 Å². The van der Waals surface area contributed by atoms with E-state index in [1.807, 2.05) is 31.2 Å². The number of anilines is 1. The van der Waals surface area contributed by atoms with Crippen LogP contribution in [0.3, 0.4) is 0 Å². The van der Waals surface area contributed by atoms with E-state index in [1.165, 1.54) is 0 Å². The van der Waals surface area contributed by atoms with Crippen LogP contribution in [0.1, 0.15) is 28.7 Å². The molecule has 0 aliphatic carbocycles. The monoisotopic (exact) mass is 318 g/mol. The summed E-state index contributed by atoms with van der Waals surface area (Å²) < 4.78 is 3.83. The number of aryl methyl sites for hydroxylation is 1. The number of carbonyl (C=O) groups excluding carboxylic acids is 1. The Hall–Kier alpha value is -1.91. The molecule has 0 bridgehead atoms. The second-order valence-electron chi connectivity index (χ2n) is 4.11. The fourth-order valence-corrected chi connectivity index (χ4v) is 3.20. The molecule has 0 unspecified atom stereocenters. The predicted octanol–water partition coefficient (Wildman–Crippen LogP) is 3.36. The molecule has 1 amide bonds. The number of nitrogens with one attached hydrogen (secondary N) is 1. The van der Waals surface area contributed by atoms with E-state index in [0.29, 0.717) is 29.2 Å². The minimum Gasteiger partial charge on any atom is -0.320 e. The molecule has 0 saturated heterocycles. The molecule has 0 atom stereocenters. The molecule has 7 heteroatoms. The van der Waals surface area contributed by atoms with Crippen molar-refractivity contribution in [3.63, 3.8) is 0 Å². The maximum absolute atomic E-state index is 12.3. The van der Waals surface area contributed by atoms with Crippen molar-refractivity contribution < 1.29 is 4.79 Å². The van der Waals surface area contributed by atoms with E-state index < -0.39 is 0 Å². The number of rotatable bonds is 6. The number of amides is 1. The summed E-state index contributed by atoms with van der Waals surface area (Å²) in [6, 6.07) is 9.68. The van der Waals surface area contributed by atoms with Crippen molar-refractivity contribution in [2.45, 2.75) is 24.7 Å². The number of aromatic nitrogens is 2. The normalized spacial score (nSPS) is 10.1. The van der Waals surface area contributed by atoms with Crippen molar-refractivity contribution >= 4 is 34.9 Å². The van der Waals surface area contributed by atoms with Crippen molar-refractivity contribution in [2.24, 2.45) is 0 Å². The zero-order valence-corrected chi connectivity index (χ0v) is 13.1. The number of nitrogens with zero attached hydrogens (tertiary/aromatic N) is 3. The number of thioether (sulfide) groups is 1. The highest BCUT2D eigenvalue weighted by atomic mass is 32.2. The van der Waals surface area contributed by atoms with Crippen LogP contribution in [-0.4, -0.2) is 21.2 Å². The Morgan fingerprint density at radius 2 is 2.29 bits per heavy atom. The molecule has 0 fully saturated rings. The first-order valence-corrected chi connectivity index (χ1v) is 8.23. The Labute approximate surface area is 131 Å². The van der Waals surface area contributed by atoms with E-state index in [2.05, 4.69) is 21.0 Å². The number of hydrogen-bond donors (Lipinski definition) is 1. The summed E-state index contributed by atoms with van der Waals surface area (Å²) in [5.41, 5.74) is 1.47. The third kappa shape index (κ3) is 4.03. The second-order valence-corrected chi connectivity index (χ2v) is 6.00. The quantitative estimate of drug-likeness (QED) is 0.652. The number of hydrogen-bond acceptors (Lipinski definition) is 6. The van der Waals surface area contributed by atoms with Gasteiger partial charge in [-0.2, -0.15) is 5.26 Å². The Balaban J connectivity index is 2.12. The average molecular weight is 318 g/mol. The molecular weight excluding hydrogens is 304 g/mol. The zero-order chi connectivity index (χ0) is 15.1. The lowest BCUT2D eigenvalue weighted by atomic mass is 10.2. The van der Waals surface area contributed by atoms with E-state index in [-0.39, 0.29) is 5.91 Å². The molecule has 0 aliphatic rings. The largest absolute Gasteiger partial charge is 0.320 e. The third-order valence-electron chi connectivity index (χ3n) is 2.70. The minimum absolute atomic E-state index is 0.185. The van der Waals surface area contributed by atoms with Crippen molar-refractivity contribution in [3.8, 4) is 6.07 Å². The van der Waals surface area contributed by atoms with Crippen molar-refractivity contribution in [2.75, 3.05) is 11.1 Å². The van der Waals surface area contributed by atoms with Crippen LogP contribution in [0.15, 0.2) is 29.2 Å². The molecule has 0 aliphatic heterocycles. The molecule has 108 valence electrons. The summed E-state index contributed by atoms with van der Waals surface area (Å²) in [6.45, 7) is 1.94. The van der Waals surface area contributed by atoms with E-state index in [0.717, 1.165) is 22.1 Å². The van der Waals surface area contributed by atoms with Gasteiger partial charge >= 0.3 is 0 Å². The van der Waals surface area contributed by atoms with Gasteiger partial charge in [0, 0.05) is 17.1 Å². The van der Waals surface area contributed by atoms with Gasteiger partial charge in [-0.3, -0.25) is 4.79 Å². The summed E-state index contributed by atoms with van der Waals surface area (Å²) in [7, 11) is 0. The maximum Gasteiger partial charge on any atom is 0.269 e. The topological polar surface area (TPSA) is 78.7 Å². The first-order valence-electron chi connectivity index (χ1n) is 6.47. The summed E-state index contributed by atoms with van der Waals surface area (Å²) in [5.74, 6) is 0.515. The van der Waals surface area contributed by atoms with Gasteiger partial charge in [0.25, 0.3) is 5.91 Å². The number of carbonyl (C=O) groups is 1. The number of para-hydroxylation sites is 1. The summed E-state index contributed by atoms with van der Waals surface area (Å²) in [4.78, 5) is 13.8. The molecule has 0 saturated carbocycles. The lowest BCUT2D eigenvalue weighted by Gasteiger charge is -2.09. The Morgan fingerprint density at radius 3 is 3.05 bits per heavy atom. The van der Waals surface area contributed by atoms with Gasteiger partial charge in [0.2, 0.25) is 0 Å². The molecule has 21 heavy (non-hydrogen) atoms. The highest BCUT2D eigenvalue weighted by Gasteiger charge is 2.16. The predicted molar refractivity (Wildman–Crippen MR) is 84.6 cm³/mol. The molecule has 1 aromatic carbocycles. The first kappa shape index (κ1) is 15.5. The minimum atomic E-state index is -0.185. The molecule has 0 spiro atoms. The smallest absolute Gasteiger partial charge is 0.269 e. The van der Waals surface area contributed by atoms with E-state index >= 15 is 0 Å². The van der Waals surface area contributed by atoms with Crippen LogP contribution in [0, 0.1) is 11.3 Å². The number of nitriles is 1. The van der Waals surface area contributed by atoms with Crippen molar-refractivity contribution in [1.82, 2.24) is 9.59 Å². The molecule has 2 rings (SSSR count). The molecule has 5 nitrogen and oxygen atoms in total. The fourth-order valence-electron chi connectivity index (χ4n) is 1.69. The first-order chi connectivity index (χ1) is 10.3. The van der Waals surface area contributed by atoms with Crippen molar-refractivity contribution in [1.29, 1.82) is 5.26 Å². The van der Waals surface area contributed by atoms with Crippen LogP contribution in [0.4, 0.5) is 5.69 Å². The lowest BCUT2D eigenvalue weighted by Crippen LogP contribution is -2.13. The highest BCUT2D eigenvalue weighted by Crippen LogP contribution is 2.28. The molecule has 1 heterocycles. The van der Waals surface area contributed by atoms with Gasteiger partial charge in [-0.25, -0.2) is 0 Å². The van der Waals surface area contributed by atoms with Gasteiger partial charge in [0.1, 0.15) is 4.88 Å². The van der Waals surface area contributed by atoms with Crippen LogP contribution in [0.25, 0.3) is 0 Å². The molecular formula is C14H14N4OS2. The van der Waals surface area contributed by atoms with Gasteiger partial charge in [-0.15, -0.1) is 16.9 Å². The zero-order valence-electron chi connectivity index (χ0n) is 11.5. The van der Waals surface area contributed by atoms with Gasteiger partial charge < -0.3 is 5.32 Å². The highest BCUT2D eigenvalue weighted by molar-refractivity contribution is 7.99. The van der Waals surface area contributed by atoms with Crippen LogP contribution >= 0.6 is 23.3 Å². The second kappa shape index (κ2) is 7.76. The van der Waals surface area contributed by atoms with E-state index in [1.54, 1.807) is 11.8 Å². The molecule has 2 aromatic rings. The van der Waals surface area contributed by atoms with E-state index in [9.17, 15) is 4.79 Å². The maximum atomic E-state index is 12.3. The third-order valence-corrected chi connectivity index (χ3v) is 4.55. The molecule has 0 radical (unpaired) electrons. The van der Waals surface area contributed by atoms with Crippen LogP contribution in [0.2, 0.25) is 0 Å².